The van der Waals surface area contributed by atoms with E-state index in [0.29, 0.717) is 5.75 Å². The van der Waals surface area contributed by atoms with Crippen molar-refractivity contribution in [3.63, 3.8) is 0 Å². The van der Waals surface area contributed by atoms with Crippen molar-refractivity contribution in [1.82, 2.24) is 9.55 Å². The standard InChI is InChI=1S/C21H21N3OS/c1-15-16(2)24(18-9-4-3-5-10-18)21(22-15)26-14-20(25)23-13-12-17-8-6-7-11-19(17)23/h3-11H,12-14H2,1-2H3. The summed E-state index contributed by atoms with van der Waals surface area (Å²) in [5.41, 5.74) is 5.49. The Morgan fingerprint density at radius 3 is 2.62 bits per heavy atom. The molecule has 1 aliphatic rings. The van der Waals surface area contributed by atoms with Gasteiger partial charge in [-0.1, -0.05) is 48.2 Å². The Morgan fingerprint density at radius 2 is 1.81 bits per heavy atom. The minimum Gasteiger partial charge on any atom is -0.311 e. The number of carbonyl (C=O) groups is 1. The summed E-state index contributed by atoms with van der Waals surface area (Å²) in [6.45, 7) is 4.85. The highest BCUT2D eigenvalue weighted by Gasteiger charge is 2.24. The number of imidazole rings is 1. The molecule has 0 spiro atoms. The van der Waals surface area contributed by atoms with Gasteiger partial charge in [-0.05, 0) is 44.0 Å². The maximum Gasteiger partial charge on any atom is 0.237 e. The number of aromatic nitrogens is 2. The van der Waals surface area contributed by atoms with Gasteiger partial charge in [0.2, 0.25) is 5.91 Å². The molecule has 0 bridgehead atoms. The van der Waals surface area contributed by atoms with E-state index >= 15 is 0 Å². The van der Waals surface area contributed by atoms with E-state index in [0.717, 1.165) is 40.9 Å². The molecule has 1 amide bonds. The van der Waals surface area contributed by atoms with Gasteiger partial charge in [-0.15, -0.1) is 0 Å². The summed E-state index contributed by atoms with van der Waals surface area (Å²) < 4.78 is 2.13. The Kier molecular flexibility index (Phi) is 4.55. The van der Waals surface area contributed by atoms with E-state index in [1.54, 1.807) is 0 Å². The smallest absolute Gasteiger partial charge is 0.237 e. The number of aryl methyl sites for hydroxylation is 1. The lowest BCUT2D eigenvalue weighted by Crippen LogP contribution is -2.30. The second kappa shape index (κ2) is 7.00. The normalized spacial score (nSPS) is 13.1. The minimum absolute atomic E-state index is 0.137. The molecule has 0 saturated carbocycles. The predicted molar refractivity (Wildman–Crippen MR) is 106 cm³/mol. The Morgan fingerprint density at radius 1 is 1.08 bits per heavy atom. The molecular formula is C21H21N3OS. The molecular weight excluding hydrogens is 342 g/mol. The van der Waals surface area contributed by atoms with Crippen molar-refractivity contribution in [3.8, 4) is 5.69 Å². The van der Waals surface area contributed by atoms with Crippen LogP contribution in [0.25, 0.3) is 5.69 Å². The highest BCUT2D eigenvalue weighted by Crippen LogP contribution is 2.30. The van der Waals surface area contributed by atoms with Gasteiger partial charge < -0.3 is 4.90 Å². The number of hydrogen-bond acceptors (Lipinski definition) is 3. The van der Waals surface area contributed by atoms with Gasteiger partial charge in [-0.25, -0.2) is 4.98 Å². The molecule has 2 aromatic carbocycles. The third-order valence-electron chi connectivity index (χ3n) is 4.84. The molecule has 1 aliphatic heterocycles. The van der Waals surface area contributed by atoms with Crippen LogP contribution < -0.4 is 4.90 Å². The van der Waals surface area contributed by atoms with Crippen molar-refractivity contribution in [2.45, 2.75) is 25.4 Å². The van der Waals surface area contributed by atoms with Gasteiger partial charge in [0.25, 0.3) is 0 Å². The number of rotatable bonds is 4. The molecule has 4 rings (SSSR count). The number of anilines is 1. The molecule has 0 radical (unpaired) electrons. The van der Waals surface area contributed by atoms with Crippen LogP contribution in [0.5, 0.6) is 0 Å². The number of hydrogen-bond donors (Lipinski definition) is 0. The number of benzene rings is 2. The maximum absolute atomic E-state index is 12.8. The lowest BCUT2D eigenvalue weighted by atomic mass is 10.2. The first-order valence-corrected chi connectivity index (χ1v) is 9.76. The first-order chi connectivity index (χ1) is 12.6. The molecule has 26 heavy (non-hydrogen) atoms. The first-order valence-electron chi connectivity index (χ1n) is 8.77. The first kappa shape index (κ1) is 16.9. The lowest BCUT2D eigenvalue weighted by Gasteiger charge is -2.17. The van der Waals surface area contributed by atoms with Crippen LogP contribution in [0.15, 0.2) is 59.8 Å². The number of nitrogens with zero attached hydrogens (tertiary/aromatic N) is 3. The summed E-state index contributed by atoms with van der Waals surface area (Å²) in [4.78, 5) is 19.4. The Hall–Kier alpha value is -2.53. The fourth-order valence-electron chi connectivity index (χ4n) is 3.36. The van der Waals surface area contributed by atoms with Crippen LogP contribution in [-0.4, -0.2) is 27.8 Å². The van der Waals surface area contributed by atoms with E-state index in [9.17, 15) is 4.79 Å². The molecule has 0 atom stereocenters. The van der Waals surface area contributed by atoms with Gasteiger partial charge in [0.05, 0.1) is 11.4 Å². The van der Waals surface area contributed by atoms with E-state index in [-0.39, 0.29) is 5.91 Å². The number of para-hydroxylation sites is 2. The summed E-state index contributed by atoms with van der Waals surface area (Å²) in [7, 11) is 0. The third kappa shape index (κ3) is 3.03. The monoisotopic (exact) mass is 363 g/mol. The molecule has 4 nitrogen and oxygen atoms in total. The zero-order chi connectivity index (χ0) is 18.1. The topological polar surface area (TPSA) is 38.1 Å². The van der Waals surface area contributed by atoms with Crippen LogP contribution in [0.4, 0.5) is 5.69 Å². The van der Waals surface area contributed by atoms with Crippen LogP contribution in [0.3, 0.4) is 0 Å². The van der Waals surface area contributed by atoms with E-state index < -0.39 is 0 Å². The Balaban J connectivity index is 1.54. The van der Waals surface area contributed by atoms with E-state index in [2.05, 4.69) is 34.7 Å². The third-order valence-corrected chi connectivity index (χ3v) is 5.76. The Bertz CT molecular complexity index is 949. The fourth-order valence-corrected chi connectivity index (χ4v) is 4.34. The highest BCUT2D eigenvalue weighted by atomic mass is 32.2. The second-order valence-electron chi connectivity index (χ2n) is 6.45. The van der Waals surface area contributed by atoms with Crippen LogP contribution in [0.2, 0.25) is 0 Å². The van der Waals surface area contributed by atoms with Crippen molar-refractivity contribution >= 4 is 23.4 Å². The van der Waals surface area contributed by atoms with Crippen LogP contribution in [0, 0.1) is 13.8 Å². The molecule has 0 unspecified atom stereocenters. The zero-order valence-corrected chi connectivity index (χ0v) is 15.8. The summed E-state index contributed by atoms with van der Waals surface area (Å²) in [6, 6.07) is 18.3. The predicted octanol–water partition coefficient (Wildman–Crippen LogP) is 4.17. The van der Waals surface area contributed by atoms with Gasteiger partial charge in [0.15, 0.2) is 5.16 Å². The zero-order valence-electron chi connectivity index (χ0n) is 15.0. The Labute approximate surface area is 157 Å². The number of fused-ring (bicyclic) bond motifs is 1. The number of carbonyl (C=O) groups excluding carboxylic acids is 1. The summed E-state index contributed by atoms with van der Waals surface area (Å²) in [5.74, 6) is 0.523. The molecule has 0 aliphatic carbocycles. The summed E-state index contributed by atoms with van der Waals surface area (Å²) >= 11 is 1.51. The van der Waals surface area contributed by atoms with Crippen LogP contribution in [-0.2, 0) is 11.2 Å². The van der Waals surface area contributed by atoms with Crippen molar-refractivity contribution in [3.05, 3.63) is 71.5 Å². The highest BCUT2D eigenvalue weighted by molar-refractivity contribution is 7.99. The van der Waals surface area contributed by atoms with Crippen LogP contribution in [0.1, 0.15) is 17.0 Å². The van der Waals surface area contributed by atoms with Crippen molar-refractivity contribution in [2.75, 3.05) is 17.2 Å². The van der Waals surface area contributed by atoms with Crippen LogP contribution >= 0.6 is 11.8 Å². The molecule has 0 saturated heterocycles. The summed E-state index contributed by atoms with van der Waals surface area (Å²) in [6.07, 6.45) is 0.934. The molecule has 132 valence electrons. The SMILES string of the molecule is Cc1nc(SCC(=O)N2CCc3ccccc32)n(-c2ccccc2)c1C. The van der Waals surface area contributed by atoms with E-state index in [1.807, 2.05) is 48.2 Å². The van der Waals surface area contributed by atoms with E-state index in [1.165, 1.54) is 17.3 Å². The van der Waals surface area contributed by atoms with Gasteiger partial charge >= 0.3 is 0 Å². The number of amides is 1. The molecule has 0 N–H and O–H groups in total. The molecule has 3 aromatic rings. The van der Waals surface area contributed by atoms with Crippen molar-refractivity contribution < 1.29 is 4.79 Å². The average Bonchev–Trinajstić information content (AvgIpc) is 3.22. The van der Waals surface area contributed by atoms with Crippen molar-refractivity contribution in [1.29, 1.82) is 0 Å². The maximum atomic E-state index is 12.8. The van der Waals surface area contributed by atoms with Gasteiger partial charge in [0.1, 0.15) is 0 Å². The van der Waals surface area contributed by atoms with Gasteiger partial charge in [-0.3, -0.25) is 9.36 Å². The fraction of sp³-hybridized carbons (Fsp3) is 0.238. The molecule has 0 fully saturated rings. The quantitative estimate of drug-likeness (QED) is 0.653. The van der Waals surface area contributed by atoms with Gasteiger partial charge in [0, 0.05) is 23.6 Å². The summed E-state index contributed by atoms with van der Waals surface area (Å²) in [5, 5.41) is 0.868. The molecule has 1 aromatic heterocycles. The second-order valence-corrected chi connectivity index (χ2v) is 7.39. The molecule has 2 heterocycles. The molecule has 5 heteroatoms. The largest absolute Gasteiger partial charge is 0.311 e. The average molecular weight is 363 g/mol. The van der Waals surface area contributed by atoms with Crippen molar-refractivity contribution in [2.24, 2.45) is 0 Å². The van der Waals surface area contributed by atoms with Gasteiger partial charge in [-0.2, -0.15) is 0 Å². The van der Waals surface area contributed by atoms with E-state index in [4.69, 9.17) is 0 Å². The lowest BCUT2D eigenvalue weighted by molar-refractivity contribution is -0.116. The minimum atomic E-state index is 0.137. The number of thioether (sulfide) groups is 1.